The van der Waals surface area contributed by atoms with Gasteiger partial charge in [0, 0.05) is 24.2 Å². The zero-order chi connectivity index (χ0) is 12.4. The summed E-state index contributed by atoms with van der Waals surface area (Å²) in [5.74, 6) is 2.16. The Hall–Kier alpha value is -0.690. The van der Waals surface area contributed by atoms with Crippen LogP contribution in [0.25, 0.3) is 0 Å². The molecule has 1 nitrogen and oxygen atoms in total. The highest BCUT2D eigenvalue weighted by molar-refractivity contribution is 6.17. The van der Waals surface area contributed by atoms with E-state index < -0.39 is 0 Å². The molecule has 0 aromatic heterocycles. The molecule has 1 saturated heterocycles. The van der Waals surface area contributed by atoms with Crippen molar-refractivity contribution in [3.8, 4) is 0 Å². The number of alkyl halides is 1. The van der Waals surface area contributed by atoms with Crippen molar-refractivity contribution in [1.82, 2.24) is 0 Å². The molecule has 0 saturated carbocycles. The Morgan fingerprint density at radius 3 is 2.41 bits per heavy atom. The van der Waals surface area contributed by atoms with E-state index in [4.69, 9.17) is 11.6 Å². The lowest BCUT2D eigenvalue weighted by Crippen LogP contribution is -2.45. The molecule has 1 fully saturated rings. The van der Waals surface area contributed by atoms with Gasteiger partial charge in [-0.3, -0.25) is 0 Å². The van der Waals surface area contributed by atoms with E-state index in [2.05, 4.69) is 49.9 Å². The van der Waals surface area contributed by atoms with Gasteiger partial charge in [0.2, 0.25) is 0 Å². The van der Waals surface area contributed by atoms with Gasteiger partial charge >= 0.3 is 0 Å². The number of anilines is 1. The molecule has 3 atom stereocenters. The molecule has 0 N–H and O–H groups in total. The molecule has 1 aromatic carbocycles. The van der Waals surface area contributed by atoms with E-state index in [1.165, 1.54) is 24.2 Å². The van der Waals surface area contributed by atoms with Crippen molar-refractivity contribution in [3.63, 3.8) is 0 Å². The minimum absolute atomic E-state index is 0.600. The Balaban J connectivity index is 2.19. The summed E-state index contributed by atoms with van der Waals surface area (Å²) in [6, 6.07) is 9.32. The van der Waals surface area contributed by atoms with Crippen LogP contribution in [-0.4, -0.2) is 12.6 Å². The third-order valence-electron chi connectivity index (χ3n) is 4.02. The molecule has 3 unspecified atom stereocenters. The standard InChI is InChI=1S/C15H22ClN/c1-11-8-12(2)13(3)17(10-11)15-6-4-14(9-16)5-7-15/h4-7,11-13H,8-10H2,1-3H3. The average molecular weight is 252 g/mol. The van der Waals surface area contributed by atoms with Gasteiger partial charge in [0.05, 0.1) is 0 Å². The predicted octanol–water partition coefficient (Wildman–Crippen LogP) is 4.30. The van der Waals surface area contributed by atoms with Crippen molar-refractivity contribution in [2.75, 3.05) is 11.4 Å². The number of halogens is 1. The van der Waals surface area contributed by atoms with Gasteiger partial charge in [-0.2, -0.15) is 0 Å². The summed E-state index contributed by atoms with van der Waals surface area (Å²) in [6.45, 7) is 8.22. The molecule has 0 bridgehead atoms. The van der Waals surface area contributed by atoms with Gasteiger partial charge in [-0.1, -0.05) is 26.0 Å². The van der Waals surface area contributed by atoms with Crippen molar-refractivity contribution in [3.05, 3.63) is 29.8 Å². The molecule has 17 heavy (non-hydrogen) atoms. The highest BCUT2D eigenvalue weighted by Gasteiger charge is 2.28. The van der Waals surface area contributed by atoms with Crippen LogP contribution in [0.2, 0.25) is 0 Å². The number of nitrogens with zero attached hydrogens (tertiary/aromatic N) is 1. The van der Waals surface area contributed by atoms with Gasteiger partial charge in [-0.15, -0.1) is 11.6 Å². The lowest BCUT2D eigenvalue weighted by Gasteiger charge is -2.42. The maximum absolute atomic E-state index is 5.83. The van der Waals surface area contributed by atoms with Crippen LogP contribution in [0.5, 0.6) is 0 Å². The lowest BCUT2D eigenvalue weighted by molar-refractivity contribution is 0.297. The van der Waals surface area contributed by atoms with Crippen molar-refractivity contribution in [2.24, 2.45) is 11.8 Å². The van der Waals surface area contributed by atoms with Crippen molar-refractivity contribution < 1.29 is 0 Å². The van der Waals surface area contributed by atoms with Gasteiger partial charge in [0.25, 0.3) is 0 Å². The number of piperidine rings is 1. The van der Waals surface area contributed by atoms with Gasteiger partial charge in [0.15, 0.2) is 0 Å². The summed E-state index contributed by atoms with van der Waals surface area (Å²) in [4.78, 5) is 2.54. The fourth-order valence-electron chi connectivity index (χ4n) is 2.83. The molecule has 2 heteroatoms. The second-order valence-corrected chi connectivity index (χ2v) is 5.78. The molecule has 1 aromatic rings. The van der Waals surface area contributed by atoms with E-state index >= 15 is 0 Å². The van der Waals surface area contributed by atoms with Crippen molar-refractivity contribution >= 4 is 17.3 Å². The average Bonchev–Trinajstić information content (AvgIpc) is 2.34. The molecule has 1 aliphatic heterocycles. The molecule has 0 aliphatic carbocycles. The summed E-state index contributed by atoms with van der Waals surface area (Å²) >= 11 is 5.83. The zero-order valence-electron chi connectivity index (χ0n) is 11.0. The first-order chi connectivity index (χ1) is 8.11. The topological polar surface area (TPSA) is 3.24 Å². The zero-order valence-corrected chi connectivity index (χ0v) is 11.7. The first kappa shape index (κ1) is 12.8. The summed E-state index contributed by atoms with van der Waals surface area (Å²) in [7, 11) is 0. The third-order valence-corrected chi connectivity index (χ3v) is 4.33. The summed E-state index contributed by atoms with van der Waals surface area (Å²) in [5, 5.41) is 0. The van der Waals surface area contributed by atoms with E-state index in [9.17, 15) is 0 Å². The number of benzene rings is 1. The molecule has 1 aliphatic rings. The fourth-order valence-corrected chi connectivity index (χ4v) is 3.01. The second-order valence-electron chi connectivity index (χ2n) is 5.51. The summed E-state index contributed by atoms with van der Waals surface area (Å²) in [6.07, 6.45) is 1.34. The number of rotatable bonds is 2. The molecule has 0 radical (unpaired) electrons. The smallest absolute Gasteiger partial charge is 0.0474 e. The maximum Gasteiger partial charge on any atom is 0.0474 e. The van der Waals surface area contributed by atoms with Crippen LogP contribution >= 0.6 is 11.6 Å². The Morgan fingerprint density at radius 1 is 1.18 bits per heavy atom. The Labute approximate surface area is 110 Å². The van der Waals surface area contributed by atoms with E-state index in [0.29, 0.717) is 11.9 Å². The van der Waals surface area contributed by atoms with Gasteiger partial charge in [-0.25, -0.2) is 0 Å². The van der Waals surface area contributed by atoms with Crippen LogP contribution in [0.15, 0.2) is 24.3 Å². The molecule has 1 heterocycles. The van der Waals surface area contributed by atoms with Crippen molar-refractivity contribution in [2.45, 2.75) is 39.1 Å². The lowest BCUT2D eigenvalue weighted by atomic mass is 9.85. The summed E-state index contributed by atoms with van der Waals surface area (Å²) in [5.41, 5.74) is 2.53. The van der Waals surface area contributed by atoms with Crippen LogP contribution < -0.4 is 4.90 Å². The maximum atomic E-state index is 5.83. The molecule has 0 spiro atoms. The van der Waals surface area contributed by atoms with Gasteiger partial charge in [0.1, 0.15) is 0 Å². The predicted molar refractivity (Wildman–Crippen MR) is 75.8 cm³/mol. The minimum atomic E-state index is 0.600. The van der Waals surface area contributed by atoms with Gasteiger partial charge < -0.3 is 4.90 Å². The molecule has 94 valence electrons. The SMILES string of the molecule is CC1CC(C)C(C)N(c2ccc(CCl)cc2)C1. The van der Waals surface area contributed by atoms with Crippen LogP contribution in [0.4, 0.5) is 5.69 Å². The quantitative estimate of drug-likeness (QED) is 0.709. The second kappa shape index (κ2) is 5.30. The normalized spacial score (nSPS) is 29.4. The molecule has 2 rings (SSSR count). The summed E-state index contributed by atoms with van der Waals surface area (Å²) < 4.78 is 0. The van der Waals surface area contributed by atoms with E-state index in [0.717, 1.165) is 11.8 Å². The van der Waals surface area contributed by atoms with Crippen LogP contribution in [0, 0.1) is 11.8 Å². The first-order valence-electron chi connectivity index (χ1n) is 6.53. The first-order valence-corrected chi connectivity index (χ1v) is 7.06. The van der Waals surface area contributed by atoms with E-state index in [-0.39, 0.29) is 0 Å². The van der Waals surface area contributed by atoms with E-state index in [1.807, 2.05) is 0 Å². The van der Waals surface area contributed by atoms with Crippen LogP contribution in [-0.2, 0) is 5.88 Å². The highest BCUT2D eigenvalue weighted by Crippen LogP contribution is 2.31. The van der Waals surface area contributed by atoms with E-state index in [1.54, 1.807) is 0 Å². The number of hydrogen-bond acceptors (Lipinski definition) is 1. The Morgan fingerprint density at radius 2 is 1.82 bits per heavy atom. The third kappa shape index (κ3) is 2.77. The minimum Gasteiger partial charge on any atom is -0.368 e. The molecule has 0 amide bonds. The highest BCUT2D eigenvalue weighted by atomic mass is 35.5. The van der Waals surface area contributed by atoms with Crippen LogP contribution in [0.3, 0.4) is 0 Å². The van der Waals surface area contributed by atoms with Gasteiger partial charge in [-0.05, 0) is 42.9 Å². The monoisotopic (exact) mass is 251 g/mol. The Bertz CT molecular complexity index is 360. The fraction of sp³-hybridized carbons (Fsp3) is 0.600. The Kier molecular flexibility index (Phi) is 3.98. The van der Waals surface area contributed by atoms with Crippen molar-refractivity contribution in [1.29, 1.82) is 0 Å². The molecular formula is C15H22ClN. The van der Waals surface area contributed by atoms with Crippen LogP contribution in [0.1, 0.15) is 32.8 Å². The number of hydrogen-bond donors (Lipinski definition) is 0. The molecular weight excluding hydrogens is 230 g/mol. The largest absolute Gasteiger partial charge is 0.368 e.